The fourth-order valence-electron chi connectivity index (χ4n) is 1.49. The van der Waals surface area contributed by atoms with Crippen LogP contribution in [0.4, 0.5) is 0 Å². The average molecular weight is 227 g/mol. The van der Waals surface area contributed by atoms with Gasteiger partial charge in [-0.2, -0.15) is 4.37 Å². The second-order valence-electron chi connectivity index (χ2n) is 3.50. The van der Waals surface area contributed by atoms with E-state index in [2.05, 4.69) is 10.4 Å². The summed E-state index contributed by atoms with van der Waals surface area (Å²) < 4.78 is 5.16. The Bertz CT molecular complexity index is 450. The second-order valence-corrected chi connectivity index (χ2v) is 4.71. The lowest BCUT2D eigenvalue weighted by Gasteiger charge is -2.05. The normalized spacial score (nSPS) is 13.4. The third-order valence-corrected chi connectivity index (χ3v) is 3.28. The summed E-state index contributed by atoms with van der Waals surface area (Å²) in [6.07, 6.45) is 2.70. The van der Waals surface area contributed by atoms with E-state index in [4.69, 9.17) is 17.3 Å². The van der Waals surface area contributed by atoms with Crippen molar-refractivity contribution in [1.82, 2.24) is 4.37 Å². The van der Waals surface area contributed by atoms with Crippen LogP contribution in [-0.4, -0.2) is 10.4 Å². The van der Waals surface area contributed by atoms with Crippen LogP contribution < -0.4 is 5.73 Å². The van der Waals surface area contributed by atoms with Gasteiger partial charge < -0.3 is 5.73 Å². The quantitative estimate of drug-likeness (QED) is 0.855. The molecule has 14 heavy (non-hydrogen) atoms. The van der Waals surface area contributed by atoms with Gasteiger partial charge in [0, 0.05) is 17.6 Å². The average Bonchev–Trinajstić information content (AvgIpc) is 2.50. The molecule has 0 amide bonds. The molecule has 0 aliphatic carbocycles. The number of halogens is 1. The van der Waals surface area contributed by atoms with Crippen LogP contribution in [0.15, 0.2) is 18.3 Å². The molecule has 1 aromatic heterocycles. The van der Waals surface area contributed by atoms with Gasteiger partial charge in [-0.1, -0.05) is 11.6 Å². The second kappa shape index (κ2) is 3.85. The Morgan fingerprint density at radius 3 is 3.07 bits per heavy atom. The van der Waals surface area contributed by atoms with Gasteiger partial charge in [0.15, 0.2) is 0 Å². The molecule has 4 heteroatoms. The Labute approximate surface area is 91.9 Å². The molecule has 0 spiro atoms. The third-order valence-electron chi connectivity index (χ3n) is 2.03. The predicted molar refractivity (Wildman–Crippen MR) is 62.0 cm³/mol. The van der Waals surface area contributed by atoms with Crippen LogP contribution in [0.3, 0.4) is 0 Å². The molecule has 2 rings (SSSR count). The largest absolute Gasteiger partial charge is 0.328 e. The van der Waals surface area contributed by atoms with Gasteiger partial charge >= 0.3 is 0 Å². The first kappa shape index (κ1) is 9.90. The maximum absolute atomic E-state index is 6.12. The van der Waals surface area contributed by atoms with Crippen LogP contribution in [0.25, 0.3) is 10.1 Å². The summed E-state index contributed by atoms with van der Waals surface area (Å²) in [7, 11) is 0. The van der Waals surface area contributed by atoms with Gasteiger partial charge in [-0.3, -0.25) is 0 Å². The van der Waals surface area contributed by atoms with Crippen LogP contribution >= 0.6 is 23.1 Å². The number of nitrogens with zero attached hydrogens (tertiary/aromatic N) is 1. The Balaban J connectivity index is 2.47. The van der Waals surface area contributed by atoms with Crippen molar-refractivity contribution in [3.05, 3.63) is 28.9 Å². The van der Waals surface area contributed by atoms with Crippen molar-refractivity contribution in [1.29, 1.82) is 0 Å². The van der Waals surface area contributed by atoms with E-state index in [0.717, 1.165) is 21.5 Å². The fourth-order valence-corrected chi connectivity index (χ4v) is 2.48. The van der Waals surface area contributed by atoms with Crippen molar-refractivity contribution in [3.8, 4) is 0 Å². The highest BCUT2D eigenvalue weighted by molar-refractivity contribution is 7.14. The highest BCUT2D eigenvalue weighted by Gasteiger charge is 2.05. The first-order valence-electron chi connectivity index (χ1n) is 4.45. The van der Waals surface area contributed by atoms with E-state index < -0.39 is 0 Å². The molecule has 2 aromatic rings. The van der Waals surface area contributed by atoms with Crippen molar-refractivity contribution in [2.24, 2.45) is 5.73 Å². The monoisotopic (exact) mass is 226 g/mol. The third kappa shape index (κ3) is 1.90. The van der Waals surface area contributed by atoms with Gasteiger partial charge in [-0.15, -0.1) is 0 Å². The number of rotatable bonds is 2. The fraction of sp³-hybridized carbons (Fsp3) is 0.300. The van der Waals surface area contributed by atoms with E-state index in [0.29, 0.717) is 0 Å². The lowest BCUT2D eigenvalue weighted by Crippen LogP contribution is -2.17. The van der Waals surface area contributed by atoms with Crippen LogP contribution in [0.2, 0.25) is 5.02 Å². The molecule has 2 nitrogen and oxygen atoms in total. The molecule has 0 radical (unpaired) electrons. The zero-order valence-corrected chi connectivity index (χ0v) is 9.40. The Kier molecular flexibility index (Phi) is 2.72. The Morgan fingerprint density at radius 2 is 2.36 bits per heavy atom. The van der Waals surface area contributed by atoms with Gasteiger partial charge in [-0.25, -0.2) is 0 Å². The van der Waals surface area contributed by atoms with E-state index >= 15 is 0 Å². The first-order chi connectivity index (χ1) is 6.66. The summed E-state index contributed by atoms with van der Waals surface area (Å²) in [5, 5.41) is 1.89. The van der Waals surface area contributed by atoms with E-state index in [-0.39, 0.29) is 6.04 Å². The van der Waals surface area contributed by atoms with Gasteiger partial charge in [0.1, 0.15) is 0 Å². The predicted octanol–water partition coefficient (Wildman–Crippen LogP) is 2.84. The molecule has 0 bridgehead atoms. The molecule has 0 saturated heterocycles. The standard InChI is InChI=1S/C10H11ClN2S/c1-6(12)2-7-3-8-5-13-14-10(8)9(11)4-7/h3-6H,2,12H2,1H3. The molecule has 0 aliphatic heterocycles. The molecule has 1 unspecified atom stereocenters. The molecule has 2 N–H and O–H groups in total. The van der Waals surface area contributed by atoms with E-state index in [1.165, 1.54) is 17.1 Å². The van der Waals surface area contributed by atoms with Crippen LogP contribution in [-0.2, 0) is 6.42 Å². The Hall–Kier alpha value is -0.640. The SMILES string of the molecule is CC(N)Cc1cc(Cl)c2sncc2c1. The molecule has 1 aromatic carbocycles. The van der Waals surface area contributed by atoms with Crippen molar-refractivity contribution < 1.29 is 0 Å². The zero-order valence-electron chi connectivity index (χ0n) is 7.83. The molecule has 0 aliphatic rings. The number of nitrogens with two attached hydrogens (primary N) is 1. The van der Waals surface area contributed by atoms with Gasteiger partial charge in [0.2, 0.25) is 0 Å². The zero-order chi connectivity index (χ0) is 10.1. The molecule has 1 atom stereocenters. The molecule has 0 fully saturated rings. The molecule has 74 valence electrons. The molecule has 0 saturated carbocycles. The topological polar surface area (TPSA) is 38.9 Å². The van der Waals surface area contributed by atoms with Crippen LogP contribution in [0, 0.1) is 0 Å². The molecular formula is C10H11ClN2S. The lowest BCUT2D eigenvalue weighted by molar-refractivity contribution is 0.739. The summed E-state index contributed by atoms with van der Waals surface area (Å²) in [6.45, 7) is 1.99. The minimum atomic E-state index is 0.162. The van der Waals surface area contributed by atoms with Crippen molar-refractivity contribution >= 4 is 33.2 Å². The number of fused-ring (bicyclic) bond motifs is 1. The van der Waals surface area contributed by atoms with E-state index in [9.17, 15) is 0 Å². The van der Waals surface area contributed by atoms with E-state index in [1.807, 2.05) is 19.2 Å². The highest BCUT2D eigenvalue weighted by Crippen LogP contribution is 2.28. The van der Waals surface area contributed by atoms with Crippen molar-refractivity contribution in [2.75, 3.05) is 0 Å². The number of hydrogen-bond donors (Lipinski definition) is 1. The number of hydrogen-bond acceptors (Lipinski definition) is 3. The first-order valence-corrected chi connectivity index (χ1v) is 5.60. The maximum atomic E-state index is 6.12. The Morgan fingerprint density at radius 1 is 1.57 bits per heavy atom. The number of benzene rings is 1. The highest BCUT2D eigenvalue weighted by atomic mass is 35.5. The van der Waals surface area contributed by atoms with Gasteiger partial charge in [-0.05, 0) is 42.6 Å². The molecular weight excluding hydrogens is 216 g/mol. The minimum Gasteiger partial charge on any atom is -0.328 e. The van der Waals surface area contributed by atoms with Crippen LogP contribution in [0.1, 0.15) is 12.5 Å². The molecule has 1 heterocycles. The van der Waals surface area contributed by atoms with Gasteiger partial charge in [0.05, 0.1) is 9.72 Å². The van der Waals surface area contributed by atoms with Crippen molar-refractivity contribution in [3.63, 3.8) is 0 Å². The van der Waals surface area contributed by atoms with Crippen LogP contribution in [0.5, 0.6) is 0 Å². The maximum Gasteiger partial charge on any atom is 0.0736 e. The van der Waals surface area contributed by atoms with Gasteiger partial charge in [0.25, 0.3) is 0 Å². The number of aromatic nitrogens is 1. The van der Waals surface area contributed by atoms with E-state index in [1.54, 1.807) is 0 Å². The minimum absolute atomic E-state index is 0.162. The summed E-state index contributed by atoms with van der Waals surface area (Å²) in [5.74, 6) is 0. The summed E-state index contributed by atoms with van der Waals surface area (Å²) in [4.78, 5) is 0. The summed E-state index contributed by atoms with van der Waals surface area (Å²) >= 11 is 7.54. The summed E-state index contributed by atoms with van der Waals surface area (Å²) in [6, 6.07) is 4.24. The lowest BCUT2D eigenvalue weighted by atomic mass is 10.1. The van der Waals surface area contributed by atoms with Crippen molar-refractivity contribution in [2.45, 2.75) is 19.4 Å². The smallest absolute Gasteiger partial charge is 0.0736 e. The summed E-state index contributed by atoms with van der Waals surface area (Å²) in [5.41, 5.74) is 6.92.